The average Bonchev–Trinajstić information content (AvgIpc) is 3.38. The molecule has 6 rings (SSSR count). The smallest absolute Gasteiger partial charge is 0.231 e. The molecule has 174 valence electrons. The van der Waals surface area contributed by atoms with Crippen molar-refractivity contribution in [2.75, 3.05) is 0 Å². The van der Waals surface area contributed by atoms with Crippen molar-refractivity contribution < 1.29 is 9.52 Å². The molecule has 0 amide bonds. The summed E-state index contributed by atoms with van der Waals surface area (Å²) in [6.45, 7) is 2.19. The minimum atomic E-state index is 0.142. The van der Waals surface area contributed by atoms with Crippen LogP contribution in [-0.2, 0) is 0 Å². The number of benzene rings is 4. The number of nitrogens with zero attached hydrogens (tertiary/aromatic N) is 2. The van der Waals surface area contributed by atoms with E-state index in [-0.39, 0.29) is 11.7 Å². The van der Waals surface area contributed by atoms with E-state index >= 15 is 0 Å². The van der Waals surface area contributed by atoms with Crippen molar-refractivity contribution in [1.82, 2.24) is 9.97 Å². The maximum Gasteiger partial charge on any atom is 0.231 e. The zero-order valence-corrected chi connectivity index (χ0v) is 19.8. The molecule has 2 aromatic heterocycles. The fraction of sp³-hybridized carbons (Fsp3) is 0.0625. The van der Waals surface area contributed by atoms with Gasteiger partial charge < -0.3 is 9.52 Å². The van der Waals surface area contributed by atoms with E-state index in [1.165, 1.54) is 5.56 Å². The average molecular weight is 469 g/mol. The number of rotatable bonds is 5. The molecule has 4 aromatic carbocycles. The van der Waals surface area contributed by atoms with Gasteiger partial charge in [0.2, 0.25) is 5.89 Å². The van der Waals surface area contributed by atoms with Crippen molar-refractivity contribution in [2.24, 2.45) is 0 Å². The lowest BCUT2D eigenvalue weighted by Gasteiger charge is -2.13. The van der Waals surface area contributed by atoms with Crippen LogP contribution in [0.2, 0.25) is 0 Å². The van der Waals surface area contributed by atoms with Gasteiger partial charge in [-0.1, -0.05) is 85.8 Å². The first-order chi connectivity index (χ1) is 17.7. The van der Waals surface area contributed by atoms with Crippen molar-refractivity contribution in [3.05, 3.63) is 127 Å². The molecule has 0 aliphatic heterocycles. The third-order valence-electron chi connectivity index (χ3n) is 6.54. The number of phenols is 1. The summed E-state index contributed by atoms with van der Waals surface area (Å²) in [6.07, 6.45) is 0. The monoisotopic (exact) mass is 468 g/mol. The quantitative estimate of drug-likeness (QED) is 0.278. The lowest BCUT2D eigenvalue weighted by atomic mass is 9.96. The van der Waals surface area contributed by atoms with Gasteiger partial charge in [-0.25, -0.2) is 4.98 Å². The highest BCUT2D eigenvalue weighted by molar-refractivity contribution is 5.93. The van der Waals surface area contributed by atoms with Crippen LogP contribution in [0.1, 0.15) is 24.1 Å². The van der Waals surface area contributed by atoms with E-state index in [2.05, 4.69) is 61.5 Å². The second-order valence-electron chi connectivity index (χ2n) is 8.85. The molecule has 4 heteroatoms. The summed E-state index contributed by atoms with van der Waals surface area (Å²) in [6, 6.07) is 38.0. The van der Waals surface area contributed by atoms with E-state index in [9.17, 15) is 5.11 Å². The first-order valence-corrected chi connectivity index (χ1v) is 12.0. The van der Waals surface area contributed by atoms with E-state index in [4.69, 9.17) is 14.4 Å². The molecule has 36 heavy (non-hydrogen) atoms. The molecule has 0 fully saturated rings. The van der Waals surface area contributed by atoms with Gasteiger partial charge in [0.15, 0.2) is 5.58 Å². The van der Waals surface area contributed by atoms with Crippen LogP contribution in [0, 0.1) is 0 Å². The largest absolute Gasteiger partial charge is 0.507 e. The van der Waals surface area contributed by atoms with Gasteiger partial charge in [0.25, 0.3) is 0 Å². The van der Waals surface area contributed by atoms with Crippen LogP contribution in [0.3, 0.4) is 0 Å². The first-order valence-electron chi connectivity index (χ1n) is 12.0. The van der Waals surface area contributed by atoms with Crippen molar-refractivity contribution in [1.29, 1.82) is 0 Å². The number of phenolic OH excluding ortho intramolecular Hbond substituents is 1. The predicted molar refractivity (Wildman–Crippen MR) is 144 cm³/mol. The molecule has 0 aliphatic rings. The SMILES string of the molecule is CC(c1ccccc1)c1cccc(-c2cccc(-c3cccc4oc(-c5ccccc5O)nc34)c2)n1. The Morgan fingerprint density at radius 2 is 1.39 bits per heavy atom. The lowest BCUT2D eigenvalue weighted by molar-refractivity contribution is 0.474. The normalized spacial score (nSPS) is 12.0. The van der Waals surface area contributed by atoms with Gasteiger partial charge in [0.05, 0.1) is 11.3 Å². The summed E-state index contributed by atoms with van der Waals surface area (Å²) < 4.78 is 6.01. The van der Waals surface area contributed by atoms with Crippen molar-refractivity contribution in [2.45, 2.75) is 12.8 Å². The molecule has 1 unspecified atom stereocenters. The van der Waals surface area contributed by atoms with Gasteiger partial charge in [-0.2, -0.15) is 0 Å². The minimum absolute atomic E-state index is 0.142. The molecule has 0 spiro atoms. The number of oxazole rings is 1. The van der Waals surface area contributed by atoms with Crippen LogP contribution in [0.25, 0.3) is 44.9 Å². The molecule has 0 saturated heterocycles. The number of hydrogen-bond donors (Lipinski definition) is 1. The van der Waals surface area contributed by atoms with Crippen LogP contribution in [0.15, 0.2) is 120 Å². The highest BCUT2D eigenvalue weighted by atomic mass is 16.3. The standard InChI is InChI=1S/C32H24N2O2/c1-21(22-10-3-2-4-11-22)27-16-9-17-28(33-27)24-13-7-12-23(20-24)25-15-8-19-30-31(25)34-32(36-30)26-14-5-6-18-29(26)35/h2-21,35H,1H3. The molecule has 0 radical (unpaired) electrons. The summed E-state index contributed by atoms with van der Waals surface area (Å²) in [4.78, 5) is 9.76. The fourth-order valence-electron chi connectivity index (χ4n) is 4.56. The first kappa shape index (κ1) is 21.8. The maximum atomic E-state index is 10.3. The molecular formula is C32H24N2O2. The Bertz CT molecular complexity index is 1670. The topological polar surface area (TPSA) is 59.2 Å². The number of hydrogen-bond acceptors (Lipinski definition) is 4. The molecular weight excluding hydrogens is 444 g/mol. The van der Waals surface area contributed by atoms with Crippen LogP contribution >= 0.6 is 0 Å². The summed E-state index contributed by atoms with van der Waals surface area (Å²) in [5.41, 5.74) is 8.24. The Kier molecular flexibility index (Phi) is 5.55. The van der Waals surface area contributed by atoms with Crippen molar-refractivity contribution in [3.8, 4) is 39.6 Å². The van der Waals surface area contributed by atoms with Gasteiger partial charge in [0.1, 0.15) is 11.3 Å². The van der Waals surface area contributed by atoms with Gasteiger partial charge in [-0.05, 0) is 47.5 Å². The summed E-state index contributed by atoms with van der Waals surface area (Å²) in [7, 11) is 0. The van der Waals surface area contributed by atoms with E-state index in [0.717, 1.165) is 33.6 Å². The zero-order valence-electron chi connectivity index (χ0n) is 19.8. The predicted octanol–water partition coefficient (Wildman–Crippen LogP) is 8.08. The highest BCUT2D eigenvalue weighted by Crippen LogP contribution is 2.36. The molecule has 1 N–H and O–H groups in total. The van der Waals surface area contributed by atoms with Gasteiger partial charge in [-0.3, -0.25) is 4.98 Å². The third kappa shape index (κ3) is 4.03. The Morgan fingerprint density at radius 3 is 2.25 bits per heavy atom. The van der Waals surface area contributed by atoms with E-state index in [1.54, 1.807) is 18.2 Å². The minimum Gasteiger partial charge on any atom is -0.507 e. The number of aromatic hydroxyl groups is 1. The summed E-state index contributed by atoms with van der Waals surface area (Å²) in [5.74, 6) is 0.741. The Hall–Kier alpha value is -4.70. The van der Waals surface area contributed by atoms with E-state index in [0.29, 0.717) is 17.0 Å². The Balaban J connectivity index is 1.39. The van der Waals surface area contributed by atoms with Gasteiger partial charge in [-0.15, -0.1) is 0 Å². The van der Waals surface area contributed by atoms with Gasteiger partial charge in [0, 0.05) is 22.7 Å². The van der Waals surface area contributed by atoms with Gasteiger partial charge >= 0.3 is 0 Å². The molecule has 0 aliphatic carbocycles. The second kappa shape index (κ2) is 9.16. The van der Waals surface area contributed by atoms with Crippen LogP contribution in [0.5, 0.6) is 5.75 Å². The van der Waals surface area contributed by atoms with E-state index < -0.39 is 0 Å². The zero-order chi connectivity index (χ0) is 24.5. The third-order valence-corrected chi connectivity index (χ3v) is 6.54. The van der Waals surface area contributed by atoms with Crippen molar-refractivity contribution >= 4 is 11.1 Å². The summed E-state index contributed by atoms with van der Waals surface area (Å²) in [5, 5.41) is 10.3. The second-order valence-corrected chi connectivity index (χ2v) is 8.85. The molecule has 6 aromatic rings. The Morgan fingerprint density at radius 1 is 0.667 bits per heavy atom. The number of fused-ring (bicyclic) bond motifs is 1. The maximum absolute atomic E-state index is 10.3. The fourth-order valence-corrected chi connectivity index (χ4v) is 4.56. The highest BCUT2D eigenvalue weighted by Gasteiger charge is 2.16. The number of pyridine rings is 1. The van der Waals surface area contributed by atoms with Crippen LogP contribution in [-0.4, -0.2) is 15.1 Å². The van der Waals surface area contributed by atoms with Crippen molar-refractivity contribution in [3.63, 3.8) is 0 Å². The number of para-hydroxylation sites is 2. The molecule has 0 saturated carbocycles. The number of aromatic nitrogens is 2. The molecule has 1 atom stereocenters. The lowest BCUT2D eigenvalue weighted by Crippen LogP contribution is -2.00. The van der Waals surface area contributed by atoms with Crippen LogP contribution < -0.4 is 0 Å². The molecule has 0 bridgehead atoms. The van der Waals surface area contributed by atoms with Crippen LogP contribution in [0.4, 0.5) is 0 Å². The molecule has 2 heterocycles. The summed E-state index contributed by atoms with van der Waals surface area (Å²) >= 11 is 0. The van der Waals surface area contributed by atoms with E-state index in [1.807, 2.05) is 42.5 Å². The molecule has 4 nitrogen and oxygen atoms in total. The Labute approximate surface area is 209 Å².